The summed E-state index contributed by atoms with van der Waals surface area (Å²) in [5.41, 5.74) is 5.78. The van der Waals surface area contributed by atoms with E-state index >= 15 is 0 Å². The number of fused-ring (bicyclic) bond motifs is 2. The predicted molar refractivity (Wildman–Crippen MR) is 141 cm³/mol. The van der Waals surface area contributed by atoms with Crippen LogP contribution in [-0.4, -0.2) is 31.9 Å². The standard InChI is InChI=1S/C31H34O5/c1-3-33-30(31(32)34-4-2)21-23-16-18-25(19-17-23)35-20-10-9-13-27-26-12-6-5-11-24(26)22-36-29-15-8-7-14-28(27)29/h5-8,11-19,30H,3-4,9-10,20-22H2,1-2H3. The van der Waals surface area contributed by atoms with Gasteiger partial charge < -0.3 is 18.9 Å². The Morgan fingerprint density at radius 2 is 1.69 bits per heavy atom. The highest BCUT2D eigenvalue weighted by atomic mass is 16.6. The number of carbonyl (C=O) groups is 1. The summed E-state index contributed by atoms with van der Waals surface area (Å²) >= 11 is 0. The van der Waals surface area contributed by atoms with Crippen molar-refractivity contribution in [1.29, 1.82) is 0 Å². The van der Waals surface area contributed by atoms with Crippen LogP contribution in [0.5, 0.6) is 11.5 Å². The van der Waals surface area contributed by atoms with Gasteiger partial charge in [0.15, 0.2) is 6.10 Å². The van der Waals surface area contributed by atoms with Crippen LogP contribution in [0.1, 0.15) is 48.9 Å². The number of rotatable bonds is 11. The number of esters is 1. The van der Waals surface area contributed by atoms with E-state index in [1.54, 1.807) is 6.92 Å². The molecule has 0 spiro atoms. The van der Waals surface area contributed by atoms with Crippen molar-refractivity contribution in [3.8, 4) is 11.5 Å². The van der Waals surface area contributed by atoms with Crippen LogP contribution in [-0.2, 0) is 27.3 Å². The molecule has 36 heavy (non-hydrogen) atoms. The van der Waals surface area contributed by atoms with E-state index in [-0.39, 0.29) is 5.97 Å². The molecule has 3 aromatic carbocycles. The van der Waals surface area contributed by atoms with Gasteiger partial charge in [0.25, 0.3) is 0 Å². The third kappa shape index (κ3) is 6.55. The number of ether oxygens (including phenoxy) is 4. The first-order valence-electron chi connectivity index (χ1n) is 12.7. The van der Waals surface area contributed by atoms with Crippen molar-refractivity contribution in [2.75, 3.05) is 19.8 Å². The van der Waals surface area contributed by atoms with Gasteiger partial charge in [0.2, 0.25) is 0 Å². The zero-order chi connectivity index (χ0) is 25.2. The largest absolute Gasteiger partial charge is 0.494 e. The molecule has 1 unspecified atom stereocenters. The third-order valence-corrected chi connectivity index (χ3v) is 6.10. The normalized spacial score (nSPS) is 14.2. The van der Waals surface area contributed by atoms with Gasteiger partial charge in [0, 0.05) is 18.6 Å². The fourth-order valence-electron chi connectivity index (χ4n) is 4.35. The number of benzene rings is 3. The van der Waals surface area contributed by atoms with Gasteiger partial charge >= 0.3 is 5.97 Å². The summed E-state index contributed by atoms with van der Waals surface area (Å²) in [6.07, 6.45) is 3.98. The highest BCUT2D eigenvalue weighted by molar-refractivity contribution is 5.84. The summed E-state index contributed by atoms with van der Waals surface area (Å²) in [7, 11) is 0. The Balaban J connectivity index is 1.33. The minimum atomic E-state index is -0.584. The van der Waals surface area contributed by atoms with Crippen LogP contribution in [0.15, 0.2) is 78.9 Å². The van der Waals surface area contributed by atoms with E-state index < -0.39 is 6.10 Å². The molecule has 0 radical (unpaired) electrons. The second-order valence-corrected chi connectivity index (χ2v) is 8.59. The number of para-hydroxylation sites is 1. The maximum absolute atomic E-state index is 12.1. The van der Waals surface area contributed by atoms with Crippen molar-refractivity contribution >= 4 is 11.5 Å². The van der Waals surface area contributed by atoms with Crippen LogP contribution < -0.4 is 9.47 Å². The van der Waals surface area contributed by atoms with Crippen LogP contribution in [0.25, 0.3) is 5.57 Å². The van der Waals surface area contributed by atoms with E-state index in [1.165, 1.54) is 16.7 Å². The first-order valence-corrected chi connectivity index (χ1v) is 12.7. The Bertz CT molecular complexity index is 1120. The second-order valence-electron chi connectivity index (χ2n) is 8.59. The smallest absolute Gasteiger partial charge is 0.335 e. The first kappa shape index (κ1) is 25.5. The van der Waals surface area contributed by atoms with Crippen LogP contribution in [0.3, 0.4) is 0 Å². The van der Waals surface area contributed by atoms with Gasteiger partial charge in [-0.05, 0) is 67.2 Å². The molecule has 1 aliphatic heterocycles. The molecule has 0 saturated heterocycles. The van der Waals surface area contributed by atoms with Gasteiger partial charge in [-0.1, -0.05) is 60.7 Å². The van der Waals surface area contributed by atoms with Gasteiger partial charge in [0.05, 0.1) is 13.2 Å². The lowest BCUT2D eigenvalue weighted by atomic mass is 9.93. The average Bonchev–Trinajstić information content (AvgIpc) is 3.06. The number of carbonyl (C=O) groups excluding carboxylic acids is 1. The Labute approximate surface area is 213 Å². The minimum absolute atomic E-state index is 0.320. The number of allylic oxidation sites excluding steroid dienone is 1. The Morgan fingerprint density at radius 1 is 0.944 bits per heavy atom. The predicted octanol–water partition coefficient (Wildman–Crippen LogP) is 6.38. The molecule has 1 aliphatic rings. The summed E-state index contributed by atoms with van der Waals surface area (Å²) < 4.78 is 22.7. The topological polar surface area (TPSA) is 54.0 Å². The molecule has 0 aromatic heterocycles. The highest BCUT2D eigenvalue weighted by Gasteiger charge is 2.21. The maximum Gasteiger partial charge on any atom is 0.335 e. The molecule has 0 amide bonds. The fraction of sp³-hybridized carbons (Fsp3) is 0.323. The quantitative estimate of drug-likeness (QED) is 0.232. The minimum Gasteiger partial charge on any atom is -0.494 e. The van der Waals surface area contributed by atoms with Gasteiger partial charge in [-0.2, -0.15) is 0 Å². The summed E-state index contributed by atoms with van der Waals surface area (Å²) in [5.74, 6) is 1.42. The van der Waals surface area contributed by atoms with Gasteiger partial charge in [-0.15, -0.1) is 0 Å². The summed E-state index contributed by atoms with van der Waals surface area (Å²) in [5, 5.41) is 0. The summed E-state index contributed by atoms with van der Waals surface area (Å²) in [6.45, 7) is 5.68. The lowest BCUT2D eigenvalue weighted by Gasteiger charge is -2.15. The fourth-order valence-corrected chi connectivity index (χ4v) is 4.35. The van der Waals surface area contributed by atoms with Gasteiger partial charge in [-0.3, -0.25) is 0 Å². The highest BCUT2D eigenvalue weighted by Crippen LogP contribution is 2.36. The maximum atomic E-state index is 12.1. The molecular weight excluding hydrogens is 452 g/mol. The molecule has 0 saturated carbocycles. The molecule has 0 fully saturated rings. The van der Waals surface area contributed by atoms with Crippen LogP contribution in [0.2, 0.25) is 0 Å². The molecule has 1 heterocycles. The van der Waals surface area contributed by atoms with E-state index in [1.807, 2.05) is 43.3 Å². The Kier molecular flexibility index (Phi) is 9.17. The lowest BCUT2D eigenvalue weighted by molar-refractivity contribution is -0.156. The van der Waals surface area contributed by atoms with Crippen LogP contribution in [0.4, 0.5) is 0 Å². The van der Waals surface area contributed by atoms with Crippen molar-refractivity contribution in [1.82, 2.24) is 0 Å². The van der Waals surface area contributed by atoms with Crippen LogP contribution in [0, 0.1) is 0 Å². The molecule has 1 atom stereocenters. The molecule has 0 N–H and O–H groups in total. The van der Waals surface area contributed by atoms with Crippen molar-refractivity contribution in [2.45, 2.75) is 45.8 Å². The number of unbranched alkanes of at least 4 members (excludes halogenated alkanes) is 1. The van der Waals surface area contributed by atoms with Crippen molar-refractivity contribution in [2.24, 2.45) is 0 Å². The third-order valence-electron chi connectivity index (χ3n) is 6.10. The molecule has 5 heteroatoms. The van der Waals surface area contributed by atoms with Crippen molar-refractivity contribution in [3.05, 3.63) is 101 Å². The molecule has 188 valence electrons. The summed E-state index contributed by atoms with van der Waals surface area (Å²) in [6, 6.07) is 24.5. The van der Waals surface area contributed by atoms with Gasteiger partial charge in [-0.25, -0.2) is 4.79 Å². The van der Waals surface area contributed by atoms with E-state index in [0.29, 0.717) is 32.8 Å². The van der Waals surface area contributed by atoms with E-state index in [0.717, 1.165) is 35.5 Å². The van der Waals surface area contributed by atoms with E-state index in [9.17, 15) is 4.79 Å². The molecule has 4 rings (SSSR count). The van der Waals surface area contributed by atoms with E-state index in [2.05, 4.69) is 42.5 Å². The SMILES string of the molecule is CCOC(=O)C(Cc1ccc(OCCCC=C2c3ccccc3COc3ccccc32)cc1)OCC. The van der Waals surface area contributed by atoms with E-state index in [4.69, 9.17) is 18.9 Å². The number of hydrogen-bond donors (Lipinski definition) is 0. The monoisotopic (exact) mass is 486 g/mol. The first-order chi connectivity index (χ1) is 17.7. The Hall–Kier alpha value is -3.57. The zero-order valence-electron chi connectivity index (χ0n) is 21.1. The molecule has 5 nitrogen and oxygen atoms in total. The van der Waals surface area contributed by atoms with Crippen molar-refractivity contribution < 1.29 is 23.7 Å². The molecule has 0 aliphatic carbocycles. The zero-order valence-corrected chi connectivity index (χ0v) is 21.1. The van der Waals surface area contributed by atoms with Gasteiger partial charge in [0.1, 0.15) is 18.1 Å². The molecule has 0 bridgehead atoms. The average molecular weight is 487 g/mol. The van der Waals surface area contributed by atoms with Crippen molar-refractivity contribution in [3.63, 3.8) is 0 Å². The molecular formula is C31H34O5. The Morgan fingerprint density at radius 3 is 2.47 bits per heavy atom. The summed E-state index contributed by atoms with van der Waals surface area (Å²) in [4.78, 5) is 12.1. The number of hydrogen-bond acceptors (Lipinski definition) is 5. The lowest BCUT2D eigenvalue weighted by Crippen LogP contribution is -2.28. The second kappa shape index (κ2) is 12.9. The molecule has 3 aromatic rings. The van der Waals surface area contributed by atoms with Crippen LogP contribution >= 0.6 is 0 Å².